The van der Waals surface area contributed by atoms with Gasteiger partial charge in [0.05, 0.1) is 0 Å². The summed E-state index contributed by atoms with van der Waals surface area (Å²) in [6, 6.07) is 15.2. The van der Waals surface area contributed by atoms with Crippen LogP contribution in [0.5, 0.6) is 0 Å². The third kappa shape index (κ3) is 4.20. The van der Waals surface area contributed by atoms with Crippen LogP contribution in [0.1, 0.15) is 28.8 Å². The molecule has 0 saturated carbocycles. The summed E-state index contributed by atoms with van der Waals surface area (Å²) < 4.78 is 13.4. The maximum Gasteiger partial charge on any atom is 0.312 e. The molecule has 0 N–H and O–H groups in total. The summed E-state index contributed by atoms with van der Waals surface area (Å²) in [4.78, 5) is 42.8. The summed E-state index contributed by atoms with van der Waals surface area (Å²) in [5, 5.41) is 0. The van der Waals surface area contributed by atoms with Crippen LogP contribution in [0.4, 0.5) is 4.39 Å². The van der Waals surface area contributed by atoms with Crippen LogP contribution in [0.2, 0.25) is 0 Å². The van der Waals surface area contributed by atoms with E-state index in [0.717, 1.165) is 0 Å². The fraction of sp³-hybridized carbons (Fsp3) is 0.348. The van der Waals surface area contributed by atoms with Crippen LogP contribution >= 0.6 is 0 Å². The predicted octanol–water partition coefficient (Wildman–Crippen LogP) is 2.30. The van der Waals surface area contributed by atoms with Gasteiger partial charge in [-0.1, -0.05) is 30.3 Å². The average molecular weight is 409 g/mol. The molecule has 2 heterocycles. The van der Waals surface area contributed by atoms with Crippen molar-refractivity contribution in [2.45, 2.75) is 25.4 Å². The molecule has 0 aliphatic carbocycles. The van der Waals surface area contributed by atoms with Crippen molar-refractivity contribution in [3.63, 3.8) is 0 Å². The standard InChI is InChI=1S/C23H24FN3O3/c24-19-8-4-5-17(15-19)16-26-13-14-27(23(30)22(26)29)20-9-11-25(12-10-20)21(28)18-6-2-1-3-7-18/h1-8,15,20H,9-14,16H2. The Morgan fingerprint density at radius 3 is 2.33 bits per heavy atom. The minimum Gasteiger partial charge on any atom is -0.338 e. The van der Waals surface area contributed by atoms with E-state index in [0.29, 0.717) is 50.1 Å². The summed E-state index contributed by atoms with van der Waals surface area (Å²) in [6.07, 6.45) is 1.31. The van der Waals surface area contributed by atoms with Gasteiger partial charge in [0, 0.05) is 44.3 Å². The Balaban J connectivity index is 1.33. The smallest absolute Gasteiger partial charge is 0.312 e. The molecule has 2 aromatic carbocycles. The highest BCUT2D eigenvalue weighted by molar-refractivity contribution is 6.35. The second-order valence-corrected chi connectivity index (χ2v) is 7.74. The van der Waals surface area contributed by atoms with E-state index in [4.69, 9.17) is 0 Å². The number of halogens is 1. The van der Waals surface area contributed by atoms with Crippen LogP contribution in [0, 0.1) is 5.82 Å². The lowest BCUT2D eigenvalue weighted by Gasteiger charge is -2.42. The number of hydrogen-bond donors (Lipinski definition) is 0. The number of carbonyl (C=O) groups is 3. The lowest BCUT2D eigenvalue weighted by molar-refractivity contribution is -0.158. The van der Waals surface area contributed by atoms with E-state index in [-0.39, 0.29) is 24.3 Å². The molecular weight excluding hydrogens is 385 g/mol. The molecule has 2 aliphatic heterocycles. The molecule has 2 saturated heterocycles. The number of likely N-dealkylation sites (tertiary alicyclic amines) is 1. The Kier molecular flexibility index (Phi) is 5.79. The first-order valence-corrected chi connectivity index (χ1v) is 10.2. The molecule has 2 aliphatic rings. The van der Waals surface area contributed by atoms with Gasteiger partial charge < -0.3 is 14.7 Å². The zero-order chi connectivity index (χ0) is 21.1. The van der Waals surface area contributed by atoms with E-state index in [9.17, 15) is 18.8 Å². The van der Waals surface area contributed by atoms with Crippen LogP contribution in [-0.2, 0) is 16.1 Å². The van der Waals surface area contributed by atoms with Gasteiger partial charge in [-0.2, -0.15) is 0 Å². The van der Waals surface area contributed by atoms with Gasteiger partial charge >= 0.3 is 11.8 Å². The highest BCUT2D eigenvalue weighted by Gasteiger charge is 2.38. The molecule has 4 rings (SSSR count). The van der Waals surface area contributed by atoms with Gasteiger partial charge in [-0.25, -0.2) is 4.39 Å². The zero-order valence-electron chi connectivity index (χ0n) is 16.7. The Labute approximate surface area is 174 Å². The maximum absolute atomic E-state index is 13.4. The van der Waals surface area contributed by atoms with Gasteiger partial charge in [0.2, 0.25) is 0 Å². The summed E-state index contributed by atoms with van der Waals surface area (Å²) >= 11 is 0. The average Bonchev–Trinajstić information content (AvgIpc) is 2.77. The Hall–Kier alpha value is -3.22. The van der Waals surface area contributed by atoms with Gasteiger partial charge in [0.25, 0.3) is 5.91 Å². The number of carbonyl (C=O) groups excluding carboxylic acids is 3. The van der Waals surface area contributed by atoms with Gasteiger partial charge in [0.15, 0.2) is 0 Å². The molecule has 3 amide bonds. The van der Waals surface area contributed by atoms with Crippen molar-refractivity contribution < 1.29 is 18.8 Å². The number of hydrogen-bond acceptors (Lipinski definition) is 3. The zero-order valence-corrected chi connectivity index (χ0v) is 16.7. The molecule has 7 heteroatoms. The normalized spacial score (nSPS) is 18.1. The predicted molar refractivity (Wildman–Crippen MR) is 109 cm³/mol. The fourth-order valence-corrected chi connectivity index (χ4v) is 4.19. The molecule has 2 aromatic rings. The van der Waals surface area contributed by atoms with Crippen LogP contribution in [0.25, 0.3) is 0 Å². The van der Waals surface area contributed by atoms with Gasteiger partial charge in [0.1, 0.15) is 5.82 Å². The van der Waals surface area contributed by atoms with Gasteiger partial charge in [-0.05, 0) is 42.7 Å². The number of piperidine rings is 1. The fourth-order valence-electron chi connectivity index (χ4n) is 4.19. The Morgan fingerprint density at radius 1 is 0.900 bits per heavy atom. The Bertz CT molecular complexity index is 942. The lowest BCUT2D eigenvalue weighted by atomic mass is 10.0. The molecule has 0 unspecified atom stereocenters. The third-order valence-corrected chi connectivity index (χ3v) is 5.82. The van der Waals surface area contributed by atoms with Crippen molar-refractivity contribution in [1.82, 2.24) is 14.7 Å². The summed E-state index contributed by atoms with van der Waals surface area (Å²) in [5.74, 6) is -1.42. The summed E-state index contributed by atoms with van der Waals surface area (Å²) in [7, 11) is 0. The van der Waals surface area contributed by atoms with E-state index in [1.165, 1.54) is 17.0 Å². The van der Waals surface area contributed by atoms with E-state index >= 15 is 0 Å². The summed E-state index contributed by atoms with van der Waals surface area (Å²) in [6.45, 7) is 2.22. The quantitative estimate of drug-likeness (QED) is 0.728. The summed E-state index contributed by atoms with van der Waals surface area (Å²) in [5.41, 5.74) is 1.32. The largest absolute Gasteiger partial charge is 0.338 e. The van der Waals surface area contributed by atoms with Crippen molar-refractivity contribution in [2.75, 3.05) is 26.2 Å². The van der Waals surface area contributed by atoms with Crippen molar-refractivity contribution in [3.8, 4) is 0 Å². The first-order chi connectivity index (χ1) is 14.5. The van der Waals surface area contributed by atoms with Crippen LogP contribution in [0.3, 0.4) is 0 Å². The lowest BCUT2D eigenvalue weighted by Crippen LogP contribution is -2.59. The van der Waals surface area contributed by atoms with Gasteiger partial charge in [-0.3, -0.25) is 14.4 Å². The molecule has 0 bridgehead atoms. The minimum absolute atomic E-state index is 0.00337. The Morgan fingerprint density at radius 2 is 1.63 bits per heavy atom. The minimum atomic E-state index is -0.548. The molecule has 0 atom stereocenters. The van der Waals surface area contributed by atoms with E-state index in [2.05, 4.69) is 0 Å². The first-order valence-electron chi connectivity index (χ1n) is 10.2. The molecule has 6 nitrogen and oxygen atoms in total. The highest BCUT2D eigenvalue weighted by Crippen LogP contribution is 2.22. The van der Waals surface area contributed by atoms with Crippen LogP contribution in [0.15, 0.2) is 54.6 Å². The van der Waals surface area contributed by atoms with Crippen molar-refractivity contribution in [1.29, 1.82) is 0 Å². The molecule has 0 spiro atoms. The third-order valence-electron chi connectivity index (χ3n) is 5.82. The second kappa shape index (κ2) is 8.65. The number of nitrogens with zero attached hydrogens (tertiary/aromatic N) is 3. The topological polar surface area (TPSA) is 60.9 Å². The molecule has 2 fully saturated rings. The van der Waals surface area contributed by atoms with E-state index < -0.39 is 11.8 Å². The molecule has 30 heavy (non-hydrogen) atoms. The molecular formula is C23H24FN3O3. The SMILES string of the molecule is O=C1C(=O)N(C2CCN(C(=O)c3ccccc3)CC2)CCN1Cc1cccc(F)c1. The van der Waals surface area contributed by atoms with E-state index in [1.807, 2.05) is 18.2 Å². The van der Waals surface area contributed by atoms with Crippen molar-refractivity contribution in [3.05, 3.63) is 71.5 Å². The number of piperazine rings is 1. The van der Waals surface area contributed by atoms with Crippen molar-refractivity contribution >= 4 is 17.7 Å². The maximum atomic E-state index is 13.4. The van der Waals surface area contributed by atoms with Gasteiger partial charge in [-0.15, -0.1) is 0 Å². The van der Waals surface area contributed by atoms with Crippen LogP contribution < -0.4 is 0 Å². The number of amides is 3. The monoisotopic (exact) mass is 409 g/mol. The molecule has 0 aromatic heterocycles. The number of benzene rings is 2. The molecule has 156 valence electrons. The molecule has 0 radical (unpaired) electrons. The van der Waals surface area contributed by atoms with Crippen LogP contribution in [-0.4, -0.2) is 64.6 Å². The highest BCUT2D eigenvalue weighted by atomic mass is 19.1. The van der Waals surface area contributed by atoms with Crippen molar-refractivity contribution in [2.24, 2.45) is 0 Å². The second-order valence-electron chi connectivity index (χ2n) is 7.74. The number of rotatable bonds is 4. The first kappa shape index (κ1) is 20.1. The van der Waals surface area contributed by atoms with E-state index in [1.54, 1.807) is 34.1 Å².